The number of aromatic nitrogens is 3. The molecule has 21 heavy (non-hydrogen) atoms. The smallest absolute Gasteiger partial charge is 0.278 e. The molecule has 0 saturated carbocycles. The number of aryl methyl sites for hydroxylation is 1. The summed E-state index contributed by atoms with van der Waals surface area (Å²) in [7, 11) is 1.63. The van der Waals surface area contributed by atoms with Crippen LogP contribution in [-0.2, 0) is 7.05 Å². The average Bonchev–Trinajstić information content (AvgIpc) is 2.48. The summed E-state index contributed by atoms with van der Waals surface area (Å²) in [5.41, 5.74) is 1.79. The third-order valence-electron chi connectivity index (χ3n) is 3.38. The van der Waals surface area contributed by atoms with E-state index in [1.807, 2.05) is 25.1 Å². The number of hydrogen-bond donors (Lipinski definition) is 1. The second-order valence-electron chi connectivity index (χ2n) is 4.73. The minimum atomic E-state index is -0.171. The SMILES string of the molecule is Cc1c(Br)cccc1Nc1nccc2cnn(C)c(=O)c12. The zero-order valence-electron chi connectivity index (χ0n) is 11.6. The Morgan fingerprint density at radius 2 is 2.10 bits per heavy atom. The van der Waals surface area contributed by atoms with Crippen molar-refractivity contribution in [3.05, 3.63) is 57.0 Å². The zero-order valence-corrected chi connectivity index (χ0v) is 13.2. The van der Waals surface area contributed by atoms with Crippen molar-refractivity contribution in [2.45, 2.75) is 6.92 Å². The Bertz CT molecular complexity index is 888. The van der Waals surface area contributed by atoms with Crippen molar-refractivity contribution in [3.63, 3.8) is 0 Å². The number of benzene rings is 1. The first-order valence-electron chi connectivity index (χ1n) is 6.41. The van der Waals surface area contributed by atoms with Crippen LogP contribution in [0.5, 0.6) is 0 Å². The van der Waals surface area contributed by atoms with Crippen molar-refractivity contribution in [1.29, 1.82) is 0 Å². The van der Waals surface area contributed by atoms with E-state index in [2.05, 4.69) is 31.3 Å². The molecule has 2 heterocycles. The summed E-state index contributed by atoms with van der Waals surface area (Å²) in [5, 5.41) is 8.57. The summed E-state index contributed by atoms with van der Waals surface area (Å²) in [4.78, 5) is 16.6. The number of anilines is 2. The largest absolute Gasteiger partial charge is 0.339 e. The Kier molecular flexibility index (Phi) is 3.47. The number of rotatable bonds is 2. The van der Waals surface area contributed by atoms with Gasteiger partial charge in [0.15, 0.2) is 0 Å². The van der Waals surface area contributed by atoms with E-state index in [4.69, 9.17) is 0 Å². The maximum atomic E-state index is 12.3. The van der Waals surface area contributed by atoms with E-state index in [9.17, 15) is 4.79 Å². The number of pyridine rings is 1. The fourth-order valence-electron chi connectivity index (χ4n) is 2.14. The van der Waals surface area contributed by atoms with Gasteiger partial charge in [0.1, 0.15) is 5.82 Å². The summed E-state index contributed by atoms with van der Waals surface area (Å²) in [6, 6.07) is 7.64. The molecule has 2 aromatic heterocycles. The van der Waals surface area contributed by atoms with Gasteiger partial charge in [0.25, 0.3) is 5.56 Å². The molecule has 0 aliphatic rings. The van der Waals surface area contributed by atoms with Gasteiger partial charge in [-0.2, -0.15) is 5.10 Å². The number of nitrogens with zero attached hydrogens (tertiary/aromatic N) is 3. The lowest BCUT2D eigenvalue weighted by Gasteiger charge is -2.12. The lowest BCUT2D eigenvalue weighted by Crippen LogP contribution is -2.20. The molecule has 0 aliphatic heterocycles. The first kappa shape index (κ1) is 13.8. The van der Waals surface area contributed by atoms with Gasteiger partial charge in [-0.3, -0.25) is 4.79 Å². The van der Waals surface area contributed by atoms with Gasteiger partial charge in [0, 0.05) is 28.8 Å². The molecule has 0 aliphatic carbocycles. The van der Waals surface area contributed by atoms with Crippen LogP contribution in [0.3, 0.4) is 0 Å². The number of nitrogens with one attached hydrogen (secondary N) is 1. The average molecular weight is 345 g/mol. The van der Waals surface area contributed by atoms with E-state index in [-0.39, 0.29) is 5.56 Å². The predicted molar refractivity (Wildman–Crippen MR) is 86.9 cm³/mol. The molecule has 0 radical (unpaired) electrons. The third-order valence-corrected chi connectivity index (χ3v) is 4.24. The van der Waals surface area contributed by atoms with Crippen LogP contribution in [0, 0.1) is 6.92 Å². The summed E-state index contributed by atoms with van der Waals surface area (Å²) in [5.74, 6) is 0.539. The lowest BCUT2D eigenvalue weighted by atomic mass is 10.2. The van der Waals surface area contributed by atoms with Gasteiger partial charge in [-0.05, 0) is 30.7 Å². The standard InChI is InChI=1S/C15H13BrN4O/c1-9-11(16)4-3-5-12(9)19-14-13-10(6-7-17-14)8-18-20(2)15(13)21/h3-8H,1-2H3,(H,17,19). The molecule has 5 nitrogen and oxygen atoms in total. The number of hydrogen-bond acceptors (Lipinski definition) is 4. The molecular weight excluding hydrogens is 332 g/mol. The van der Waals surface area contributed by atoms with Gasteiger partial charge in [0.2, 0.25) is 0 Å². The molecule has 0 bridgehead atoms. The Labute approximate surface area is 129 Å². The summed E-state index contributed by atoms with van der Waals surface area (Å²) in [6.45, 7) is 2.00. The van der Waals surface area contributed by atoms with Crippen molar-refractivity contribution < 1.29 is 0 Å². The van der Waals surface area contributed by atoms with Crippen molar-refractivity contribution >= 4 is 38.2 Å². The molecule has 0 amide bonds. The Balaban J connectivity index is 2.19. The van der Waals surface area contributed by atoms with Crippen LogP contribution in [0.4, 0.5) is 11.5 Å². The topological polar surface area (TPSA) is 59.8 Å². The second-order valence-corrected chi connectivity index (χ2v) is 5.59. The fourth-order valence-corrected chi connectivity index (χ4v) is 2.50. The highest BCUT2D eigenvalue weighted by Crippen LogP contribution is 2.27. The molecule has 0 spiro atoms. The monoisotopic (exact) mass is 344 g/mol. The maximum absolute atomic E-state index is 12.3. The van der Waals surface area contributed by atoms with Crippen molar-refractivity contribution in [2.75, 3.05) is 5.32 Å². The maximum Gasteiger partial charge on any atom is 0.278 e. The molecular formula is C15H13BrN4O. The Morgan fingerprint density at radius 3 is 2.90 bits per heavy atom. The van der Waals surface area contributed by atoms with E-state index in [0.29, 0.717) is 11.2 Å². The van der Waals surface area contributed by atoms with Gasteiger partial charge in [-0.25, -0.2) is 9.67 Å². The number of fused-ring (bicyclic) bond motifs is 1. The van der Waals surface area contributed by atoms with Crippen LogP contribution in [0.1, 0.15) is 5.56 Å². The van der Waals surface area contributed by atoms with E-state index in [1.165, 1.54) is 4.68 Å². The minimum absolute atomic E-state index is 0.171. The van der Waals surface area contributed by atoms with Gasteiger partial charge >= 0.3 is 0 Å². The second kappa shape index (κ2) is 5.29. The summed E-state index contributed by atoms with van der Waals surface area (Å²) < 4.78 is 2.31. The molecule has 3 aromatic rings. The van der Waals surface area contributed by atoms with Crippen LogP contribution < -0.4 is 10.9 Å². The van der Waals surface area contributed by atoms with Crippen molar-refractivity contribution in [3.8, 4) is 0 Å². The first-order valence-corrected chi connectivity index (χ1v) is 7.20. The first-order chi connectivity index (χ1) is 10.1. The molecule has 6 heteroatoms. The van der Waals surface area contributed by atoms with E-state index >= 15 is 0 Å². The third kappa shape index (κ3) is 2.42. The van der Waals surface area contributed by atoms with Crippen LogP contribution >= 0.6 is 15.9 Å². The summed E-state index contributed by atoms with van der Waals surface area (Å²) in [6.07, 6.45) is 3.33. The number of halogens is 1. The van der Waals surface area contributed by atoms with E-state index in [0.717, 1.165) is 21.1 Å². The van der Waals surface area contributed by atoms with Crippen LogP contribution in [-0.4, -0.2) is 14.8 Å². The predicted octanol–water partition coefficient (Wildman–Crippen LogP) is 3.14. The highest BCUT2D eigenvalue weighted by molar-refractivity contribution is 9.10. The highest BCUT2D eigenvalue weighted by atomic mass is 79.9. The summed E-state index contributed by atoms with van der Waals surface area (Å²) >= 11 is 3.50. The molecule has 106 valence electrons. The quantitative estimate of drug-likeness (QED) is 0.775. The van der Waals surface area contributed by atoms with Gasteiger partial charge in [-0.15, -0.1) is 0 Å². The van der Waals surface area contributed by atoms with Gasteiger partial charge in [-0.1, -0.05) is 22.0 Å². The Hall–Kier alpha value is -2.21. The molecule has 0 fully saturated rings. The van der Waals surface area contributed by atoms with E-state index < -0.39 is 0 Å². The van der Waals surface area contributed by atoms with Crippen molar-refractivity contribution in [1.82, 2.24) is 14.8 Å². The van der Waals surface area contributed by atoms with Crippen LogP contribution in [0.25, 0.3) is 10.8 Å². The molecule has 1 N–H and O–H groups in total. The molecule has 3 rings (SSSR count). The normalized spacial score (nSPS) is 10.8. The van der Waals surface area contributed by atoms with Gasteiger partial charge < -0.3 is 5.32 Å². The molecule has 0 atom stereocenters. The molecule has 1 aromatic carbocycles. The minimum Gasteiger partial charge on any atom is -0.339 e. The zero-order chi connectivity index (χ0) is 15.0. The fraction of sp³-hybridized carbons (Fsp3) is 0.133. The lowest BCUT2D eigenvalue weighted by molar-refractivity contribution is 0.718. The highest BCUT2D eigenvalue weighted by Gasteiger charge is 2.10. The van der Waals surface area contributed by atoms with Crippen LogP contribution in [0.2, 0.25) is 0 Å². The van der Waals surface area contributed by atoms with Crippen molar-refractivity contribution in [2.24, 2.45) is 7.05 Å². The van der Waals surface area contributed by atoms with Gasteiger partial charge in [0.05, 0.1) is 11.6 Å². The Morgan fingerprint density at radius 1 is 1.29 bits per heavy atom. The van der Waals surface area contributed by atoms with E-state index in [1.54, 1.807) is 25.5 Å². The molecule has 0 unspecified atom stereocenters. The molecule has 0 saturated heterocycles. The van der Waals surface area contributed by atoms with Crippen LogP contribution in [0.15, 0.2) is 45.9 Å².